The number of ether oxygens (including phenoxy) is 1. The molecule has 8 heteroatoms. The molecule has 0 fully saturated rings. The number of carbonyl (C=O) groups is 1. The van der Waals surface area contributed by atoms with Crippen molar-refractivity contribution in [2.75, 3.05) is 18.0 Å². The summed E-state index contributed by atoms with van der Waals surface area (Å²) in [5.41, 5.74) is 2.79. The molecule has 6 nitrogen and oxygen atoms in total. The van der Waals surface area contributed by atoms with Crippen molar-refractivity contribution in [1.82, 2.24) is 5.32 Å². The lowest BCUT2D eigenvalue weighted by Crippen LogP contribution is -2.31. The second kappa shape index (κ2) is 9.98. The maximum absolute atomic E-state index is 12.6. The number of thiophene rings is 1. The van der Waals surface area contributed by atoms with Crippen LogP contribution in [-0.2, 0) is 21.2 Å². The van der Waals surface area contributed by atoms with Crippen LogP contribution in [0.1, 0.15) is 31.0 Å². The first-order chi connectivity index (χ1) is 14.8. The van der Waals surface area contributed by atoms with E-state index in [1.165, 1.54) is 28.3 Å². The summed E-state index contributed by atoms with van der Waals surface area (Å²) in [6.07, 6.45) is 0.976. The van der Waals surface area contributed by atoms with Gasteiger partial charge >= 0.3 is 0 Å². The molecular formula is C23H26N2O4S2. The third-order valence-corrected chi connectivity index (χ3v) is 8.10. The molecule has 1 atom stereocenters. The monoisotopic (exact) mass is 458 g/mol. The number of hydrogen-bond donors (Lipinski definition) is 1. The zero-order valence-electron chi connectivity index (χ0n) is 17.7. The maximum Gasteiger partial charge on any atom is 0.273 e. The molecule has 0 aliphatic carbocycles. The van der Waals surface area contributed by atoms with Crippen molar-refractivity contribution in [2.24, 2.45) is 0 Å². The number of amides is 1. The Labute approximate surface area is 187 Å². The number of sulfonamides is 1. The highest BCUT2D eigenvalue weighted by Gasteiger charge is 2.22. The maximum atomic E-state index is 12.6. The lowest BCUT2D eigenvalue weighted by atomic mass is 10.1. The van der Waals surface area contributed by atoms with E-state index >= 15 is 0 Å². The second-order valence-electron chi connectivity index (χ2n) is 7.07. The van der Waals surface area contributed by atoms with Gasteiger partial charge in [-0.3, -0.25) is 9.10 Å². The van der Waals surface area contributed by atoms with Gasteiger partial charge in [-0.1, -0.05) is 37.3 Å². The van der Waals surface area contributed by atoms with Crippen molar-refractivity contribution in [3.8, 4) is 5.75 Å². The van der Waals surface area contributed by atoms with E-state index in [-0.39, 0.29) is 22.8 Å². The van der Waals surface area contributed by atoms with Gasteiger partial charge in [-0.15, -0.1) is 11.3 Å². The van der Waals surface area contributed by atoms with E-state index in [1.807, 2.05) is 19.1 Å². The van der Waals surface area contributed by atoms with E-state index < -0.39 is 10.0 Å². The number of anilines is 1. The lowest BCUT2D eigenvalue weighted by Gasteiger charge is -2.19. The molecule has 1 aromatic heterocycles. The van der Waals surface area contributed by atoms with E-state index in [1.54, 1.807) is 41.8 Å². The van der Waals surface area contributed by atoms with Crippen LogP contribution >= 0.6 is 11.3 Å². The zero-order valence-corrected chi connectivity index (χ0v) is 19.4. The predicted molar refractivity (Wildman–Crippen MR) is 124 cm³/mol. The van der Waals surface area contributed by atoms with Crippen LogP contribution in [0.2, 0.25) is 0 Å². The van der Waals surface area contributed by atoms with Gasteiger partial charge in [0.05, 0.1) is 11.7 Å². The highest BCUT2D eigenvalue weighted by atomic mass is 32.2. The molecule has 31 heavy (non-hydrogen) atoms. The summed E-state index contributed by atoms with van der Waals surface area (Å²) in [6.45, 7) is 3.91. The number of aryl methyl sites for hydroxylation is 1. The standard InChI is InChI=1S/C23H26N2O4S2/c1-4-18-7-9-19(10-8-18)17(2)24-22(26)16-29-21-13-11-20(12-14-21)25(3)31(27,28)23-6-5-15-30-23/h5-15,17H,4,16H2,1-3H3,(H,24,26). The fourth-order valence-electron chi connectivity index (χ4n) is 2.99. The van der Waals surface area contributed by atoms with Crippen molar-refractivity contribution in [1.29, 1.82) is 0 Å². The van der Waals surface area contributed by atoms with Crippen LogP contribution in [0.25, 0.3) is 0 Å². The van der Waals surface area contributed by atoms with Crippen LogP contribution in [0.3, 0.4) is 0 Å². The van der Waals surface area contributed by atoms with Gasteiger partial charge in [-0.05, 0) is 60.2 Å². The highest BCUT2D eigenvalue weighted by Crippen LogP contribution is 2.26. The van der Waals surface area contributed by atoms with Gasteiger partial charge in [-0.2, -0.15) is 0 Å². The van der Waals surface area contributed by atoms with E-state index in [0.717, 1.165) is 12.0 Å². The quantitative estimate of drug-likeness (QED) is 0.516. The fraction of sp³-hybridized carbons (Fsp3) is 0.261. The molecule has 3 aromatic rings. The van der Waals surface area contributed by atoms with Gasteiger partial charge in [0, 0.05) is 7.05 Å². The highest BCUT2D eigenvalue weighted by molar-refractivity contribution is 7.94. The second-order valence-corrected chi connectivity index (χ2v) is 10.2. The van der Waals surface area contributed by atoms with Gasteiger partial charge in [0.25, 0.3) is 15.9 Å². The van der Waals surface area contributed by atoms with Gasteiger partial charge in [-0.25, -0.2) is 8.42 Å². The van der Waals surface area contributed by atoms with Gasteiger partial charge in [0.1, 0.15) is 9.96 Å². The van der Waals surface area contributed by atoms with E-state index in [0.29, 0.717) is 11.4 Å². The normalized spacial score (nSPS) is 12.2. The Hall–Kier alpha value is -2.84. The molecule has 0 radical (unpaired) electrons. The van der Waals surface area contributed by atoms with E-state index in [9.17, 15) is 13.2 Å². The Morgan fingerprint density at radius 1 is 1.10 bits per heavy atom. The van der Waals surface area contributed by atoms with Gasteiger partial charge in [0.15, 0.2) is 6.61 Å². The zero-order chi connectivity index (χ0) is 22.4. The predicted octanol–water partition coefficient (Wildman–Crippen LogP) is 4.39. The molecule has 0 aliphatic heterocycles. The van der Waals surface area contributed by atoms with Crippen LogP contribution in [-0.4, -0.2) is 28.0 Å². The number of nitrogens with one attached hydrogen (secondary N) is 1. The van der Waals surface area contributed by atoms with Crippen molar-refractivity contribution in [3.05, 3.63) is 77.2 Å². The molecule has 3 rings (SSSR count). The Kier molecular flexibility index (Phi) is 7.35. The lowest BCUT2D eigenvalue weighted by molar-refractivity contribution is -0.123. The average Bonchev–Trinajstić information content (AvgIpc) is 3.33. The summed E-state index contributed by atoms with van der Waals surface area (Å²) in [6, 6.07) is 17.9. The minimum absolute atomic E-state index is 0.125. The molecule has 1 N–H and O–H groups in total. The molecule has 1 unspecified atom stereocenters. The van der Waals surface area contributed by atoms with Crippen LogP contribution in [0.4, 0.5) is 5.69 Å². The number of benzene rings is 2. The Balaban J connectivity index is 1.54. The van der Waals surface area contributed by atoms with Gasteiger partial charge in [0.2, 0.25) is 0 Å². The first kappa shape index (κ1) is 22.8. The minimum atomic E-state index is -3.58. The van der Waals surface area contributed by atoms with Crippen molar-refractivity contribution < 1.29 is 17.9 Å². The summed E-state index contributed by atoms with van der Waals surface area (Å²) >= 11 is 1.17. The largest absolute Gasteiger partial charge is 0.484 e. The summed E-state index contributed by atoms with van der Waals surface area (Å²) < 4.78 is 32.3. The van der Waals surface area contributed by atoms with E-state index in [4.69, 9.17) is 4.74 Å². The van der Waals surface area contributed by atoms with Crippen molar-refractivity contribution in [3.63, 3.8) is 0 Å². The molecule has 1 amide bonds. The topological polar surface area (TPSA) is 75.7 Å². The Morgan fingerprint density at radius 3 is 2.35 bits per heavy atom. The van der Waals surface area contributed by atoms with Crippen LogP contribution in [0, 0.1) is 0 Å². The summed E-state index contributed by atoms with van der Waals surface area (Å²) in [7, 11) is -2.08. The molecule has 1 heterocycles. The fourth-order valence-corrected chi connectivity index (χ4v) is 5.35. The number of hydrogen-bond acceptors (Lipinski definition) is 5. The smallest absolute Gasteiger partial charge is 0.273 e. The van der Waals surface area contributed by atoms with Crippen LogP contribution in [0.5, 0.6) is 5.75 Å². The summed E-state index contributed by atoms with van der Waals surface area (Å²) in [4.78, 5) is 12.2. The Morgan fingerprint density at radius 2 is 1.77 bits per heavy atom. The van der Waals surface area contributed by atoms with Crippen molar-refractivity contribution in [2.45, 2.75) is 30.5 Å². The third kappa shape index (κ3) is 5.65. The number of nitrogens with zero attached hydrogens (tertiary/aromatic N) is 1. The molecular weight excluding hydrogens is 432 g/mol. The third-order valence-electron chi connectivity index (χ3n) is 4.95. The molecule has 0 saturated carbocycles. The summed E-state index contributed by atoms with van der Waals surface area (Å²) in [5.74, 6) is 0.259. The van der Waals surface area contributed by atoms with E-state index in [2.05, 4.69) is 24.4 Å². The first-order valence-electron chi connectivity index (χ1n) is 9.94. The summed E-state index contributed by atoms with van der Waals surface area (Å²) in [5, 5.41) is 4.64. The van der Waals surface area contributed by atoms with Crippen molar-refractivity contribution >= 4 is 33.0 Å². The van der Waals surface area contributed by atoms with Gasteiger partial charge < -0.3 is 10.1 Å². The molecule has 0 aliphatic rings. The molecule has 0 spiro atoms. The molecule has 0 saturated heterocycles. The number of carbonyl (C=O) groups excluding carboxylic acids is 1. The minimum Gasteiger partial charge on any atom is -0.484 e. The first-order valence-corrected chi connectivity index (χ1v) is 12.3. The van der Waals surface area contributed by atoms with Crippen LogP contribution in [0.15, 0.2) is 70.3 Å². The molecule has 0 bridgehead atoms. The molecule has 2 aromatic carbocycles. The SMILES string of the molecule is CCc1ccc(C(C)NC(=O)COc2ccc(N(C)S(=O)(=O)c3cccs3)cc2)cc1. The number of rotatable bonds is 9. The Bertz CT molecular complexity index is 1090. The van der Waals surface area contributed by atoms with Crippen LogP contribution < -0.4 is 14.4 Å². The average molecular weight is 459 g/mol. The molecule has 164 valence electrons.